The van der Waals surface area contributed by atoms with Gasteiger partial charge >= 0.3 is 0 Å². The molecular weight excluding hydrogens is 266 g/mol. The van der Waals surface area contributed by atoms with E-state index in [9.17, 15) is 0 Å². The van der Waals surface area contributed by atoms with Crippen LogP contribution in [0, 0.1) is 27.7 Å². The Balaban J connectivity index is 2.31. The zero-order valence-corrected chi connectivity index (χ0v) is 12.9. The highest BCUT2D eigenvalue weighted by Gasteiger charge is 2.24. The summed E-state index contributed by atoms with van der Waals surface area (Å²) in [4.78, 5) is 8.54. The zero-order valence-electron chi connectivity index (χ0n) is 12.9. The molecule has 0 bridgehead atoms. The van der Waals surface area contributed by atoms with E-state index in [1.165, 1.54) is 6.33 Å². The molecule has 0 aromatic carbocycles. The van der Waals surface area contributed by atoms with E-state index in [-0.39, 0.29) is 6.04 Å². The average molecular weight is 285 g/mol. The smallest absolute Gasteiger partial charge is 0.146 e. The predicted octanol–water partition coefficient (Wildman–Crippen LogP) is 2.84. The number of aromatic nitrogens is 4. The summed E-state index contributed by atoms with van der Waals surface area (Å²) in [5, 5.41) is 4.98. The van der Waals surface area contributed by atoms with Gasteiger partial charge in [-0.3, -0.25) is 0 Å². The Hall–Kier alpha value is -2.37. The predicted molar refractivity (Wildman–Crippen MR) is 81.2 cm³/mol. The van der Waals surface area contributed by atoms with Crippen molar-refractivity contribution in [2.75, 3.05) is 5.73 Å². The van der Waals surface area contributed by atoms with Crippen LogP contribution >= 0.6 is 0 Å². The molecule has 0 radical (unpaired) electrons. The van der Waals surface area contributed by atoms with E-state index in [0.29, 0.717) is 5.82 Å². The quantitative estimate of drug-likeness (QED) is 0.782. The third-order valence-corrected chi connectivity index (χ3v) is 4.26. The van der Waals surface area contributed by atoms with Crippen LogP contribution in [0.5, 0.6) is 0 Å². The summed E-state index contributed by atoms with van der Waals surface area (Å²) in [6.45, 7) is 10.1. The number of fused-ring (bicyclic) bond motifs is 1. The van der Waals surface area contributed by atoms with Crippen molar-refractivity contribution in [1.29, 1.82) is 0 Å². The van der Waals surface area contributed by atoms with E-state index in [1.54, 1.807) is 0 Å². The molecule has 0 aliphatic rings. The number of rotatable bonds is 2. The molecule has 3 heterocycles. The number of nitrogens with two attached hydrogens (primary N) is 1. The van der Waals surface area contributed by atoms with Crippen LogP contribution in [0.3, 0.4) is 0 Å². The molecule has 3 rings (SSSR count). The van der Waals surface area contributed by atoms with Crippen molar-refractivity contribution in [2.24, 2.45) is 0 Å². The molecule has 6 nitrogen and oxygen atoms in total. The largest absolute Gasteiger partial charge is 0.383 e. The second kappa shape index (κ2) is 4.58. The van der Waals surface area contributed by atoms with Crippen LogP contribution in [0.1, 0.15) is 41.2 Å². The maximum Gasteiger partial charge on any atom is 0.146 e. The van der Waals surface area contributed by atoms with Crippen molar-refractivity contribution in [3.8, 4) is 0 Å². The van der Waals surface area contributed by atoms with Gasteiger partial charge in [-0.05, 0) is 40.2 Å². The maximum absolute atomic E-state index is 6.02. The molecule has 110 valence electrons. The Morgan fingerprint density at radius 2 is 1.90 bits per heavy atom. The first-order chi connectivity index (χ1) is 9.93. The van der Waals surface area contributed by atoms with Gasteiger partial charge in [0, 0.05) is 11.3 Å². The molecule has 0 aliphatic heterocycles. The highest BCUT2D eigenvalue weighted by atomic mass is 16.5. The molecule has 0 fully saturated rings. The van der Waals surface area contributed by atoms with Gasteiger partial charge < -0.3 is 14.8 Å². The van der Waals surface area contributed by atoms with E-state index in [0.717, 1.165) is 39.3 Å². The Morgan fingerprint density at radius 1 is 1.19 bits per heavy atom. The standard InChI is InChI=1S/C15H19N5O/c1-7-9(3)20(15-12(7)14(16)17-6-18-15)10(4)13-8(2)19-21-11(13)5/h6,10H,1-5H3,(H2,16,17,18). The van der Waals surface area contributed by atoms with Gasteiger partial charge in [-0.2, -0.15) is 0 Å². The lowest BCUT2D eigenvalue weighted by Crippen LogP contribution is -2.11. The number of nitrogen functional groups attached to an aromatic ring is 1. The van der Waals surface area contributed by atoms with Crippen molar-refractivity contribution in [3.63, 3.8) is 0 Å². The lowest BCUT2D eigenvalue weighted by Gasteiger charge is -2.17. The summed E-state index contributed by atoms with van der Waals surface area (Å²) in [5.41, 5.74) is 11.1. The van der Waals surface area contributed by atoms with Gasteiger partial charge in [-0.25, -0.2) is 9.97 Å². The Bertz CT molecular complexity index is 811. The Labute approximate surface area is 123 Å². The highest BCUT2D eigenvalue weighted by Crippen LogP contribution is 2.34. The number of nitrogens with zero attached hydrogens (tertiary/aromatic N) is 4. The Kier molecular flexibility index (Phi) is 2.97. The molecule has 0 saturated heterocycles. The van der Waals surface area contributed by atoms with E-state index in [4.69, 9.17) is 10.3 Å². The SMILES string of the molecule is Cc1noc(C)c1C(C)n1c(C)c(C)c2c(N)ncnc21. The fourth-order valence-corrected chi connectivity index (χ4v) is 3.14. The van der Waals surface area contributed by atoms with Gasteiger partial charge in [0.05, 0.1) is 17.1 Å². The molecule has 3 aromatic heterocycles. The van der Waals surface area contributed by atoms with E-state index >= 15 is 0 Å². The van der Waals surface area contributed by atoms with Crippen molar-refractivity contribution >= 4 is 16.9 Å². The molecule has 2 N–H and O–H groups in total. The monoisotopic (exact) mass is 285 g/mol. The molecule has 0 aliphatic carbocycles. The van der Waals surface area contributed by atoms with Crippen LogP contribution in [0.2, 0.25) is 0 Å². The van der Waals surface area contributed by atoms with Crippen molar-refractivity contribution in [2.45, 2.75) is 40.7 Å². The minimum Gasteiger partial charge on any atom is -0.383 e. The van der Waals surface area contributed by atoms with Gasteiger partial charge in [0.15, 0.2) is 0 Å². The summed E-state index contributed by atoms with van der Waals surface area (Å²) in [6, 6.07) is 0.0711. The first-order valence-corrected chi connectivity index (χ1v) is 6.93. The minimum atomic E-state index is 0.0711. The number of hydrogen-bond acceptors (Lipinski definition) is 5. The van der Waals surface area contributed by atoms with Crippen molar-refractivity contribution < 1.29 is 4.52 Å². The van der Waals surface area contributed by atoms with Gasteiger partial charge in [0.2, 0.25) is 0 Å². The van der Waals surface area contributed by atoms with E-state index in [1.807, 2.05) is 20.8 Å². The highest BCUT2D eigenvalue weighted by molar-refractivity contribution is 5.91. The molecule has 0 spiro atoms. The van der Waals surface area contributed by atoms with Crippen LogP contribution in [-0.4, -0.2) is 19.7 Å². The van der Waals surface area contributed by atoms with Crippen LogP contribution in [0.25, 0.3) is 11.0 Å². The van der Waals surface area contributed by atoms with Crippen molar-refractivity contribution in [1.82, 2.24) is 19.7 Å². The van der Waals surface area contributed by atoms with Crippen LogP contribution in [-0.2, 0) is 0 Å². The van der Waals surface area contributed by atoms with E-state index < -0.39 is 0 Å². The molecule has 6 heteroatoms. The summed E-state index contributed by atoms with van der Waals surface area (Å²) < 4.78 is 7.48. The fourth-order valence-electron chi connectivity index (χ4n) is 3.14. The van der Waals surface area contributed by atoms with Gasteiger partial charge in [-0.15, -0.1) is 0 Å². The molecule has 1 atom stereocenters. The molecule has 3 aromatic rings. The zero-order chi connectivity index (χ0) is 15.3. The summed E-state index contributed by atoms with van der Waals surface area (Å²) in [7, 11) is 0. The number of anilines is 1. The topological polar surface area (TPSA) is 82.8 Å². The first-order valence-electron chi connectivity index (χ1n) is 6.93. The molecular formula is C15H19N5O. The van der Waals surface area contributed by atoms with Gasteiger partial charge in [0.25, 0.3) is 0 Å². The maximum atomic E-state index is 6.02. The van der Waals surface area contributed by atoms with Gasteiger partial charge in [0.1, 0.15) is 23.6 Å². The Morgan fingerprint density at radius 3 is 2.52 bits per heavy atom. The van der Waals surface area contributed by atoms with Gasteiger partial charge in [-0.1, -0.05) is 5.16 Å². The molecule has 0 amide bonds. The fraction of sp³-hybridized carbons (Fsp3) is 0.400. The third kappa shape index (κ3) is 1.82. The minimum absolute atomic E-state index is 0.0711. The number of hydrogen-bond donors (Lipinski definition) is 1. The average Bonchev–Trinajstić information content (AvgIpc) is 2.89. The van der Waals surface area contributed by atoms with Crippen LogP contribution in [0.4, 0.5) is 5.82 Å². The van der Waals surface area contributed by atoms with Crippen LogP contribution in [0.15, 0.2) is 10.9 Å². The molecule has 1 unspecified atom stereocenters. The normalized spacial score (nSPS) is 13.0. The van der Waals surface area contributed by atoms with Crippen LogP contribution < -0.4 is 5.73 Å². The lowest BCUT2D eigenvalue weighted by atomic mass is 10.1. The van der Waals surface area contributed by atoms with Crippen molar-refractivity contribution in [3.05, 3.63) is 34.6 Å². The summed E-state index contributed by atoms with van der Waals surface area (Å²) in [5.74, 6) is 1.35. The van der Waals surface area contributed by atoms with E-state index in [2.05, 4.69) is 33.5 Å². The third-order valence-electron chi connectivity index (χ3n) is 4.26. The summed E-state index contributed by atoms with van der Waals surface area (Å²) in [6.07, 6.45) is 1.51. The second-order valence-corrected chi connectivity index (χ2v) is 5.45. The number of aryl methyl sites for hydroxylation is 3. The lowest BCUT2D eigenvalue weighted by molar-refractivity contribution is 0.391. The molecule has 21 heavy (non-hydrogen) atoms. The second-order valence-electron chi connectivity index (χ2n) is 5.45. The molecule has 0 saturated carbocycles. The summed E-state index contributed by atoms with van der Waals surface area (Å²) >= 11 is 0. The first kappa shape index (κ1) is 13.6.